The molecule has 0 saturated heterocycles. The van der Waals surface area contributed by atoms with Gasteiger partial charge in [-0.1, -0.05) is 12.0 Å². The van der Waals surface area contributed by atoms with Crippen molar-refractivity contribution >= 4 is 28.7 Å². The number of ether oxygens (including phenoxy) is 2. The number of amides is 2. The summed E-state index contributed by atoms with van der Waals surface area (Å²) in [7, 11) is 0. The molecule has 0 saturated carbocycles. The smallest absolute Gasteiger partial charge is 0.433 e. The largest absolute Gasteiger partial charge is 0.444 e. The van der Waals surface area contributed by atoms with E-state index in [2.05, 4.69) is 27.1 Å². The van der Waals surface area contributed by atoms with Gasteiger partial charge in [0.25, 0.3) is 0 Å². The molecule has 0 aliphatic carbocycles. The molecule has 2 aromatic heterocycles. The zero-order chi connectivity index (χ0) is 28.0. The van der Waals surface area contributed by atoms with Gasteiger partial charge in [0.2, 0.25) is 0 Å². The fourth-order valence-electron chi connectivity index (χ4n) is 2.97. The van der Waals surface area contributed by atoms with E-state index in [1.54, 1.807) is 53.8 Å². The lowest BCUT2D eigenvalue weighted by Crippen LogP contribution is -2.49. The number of nitrogens with zero attached hydrogens (tertiary/aromatic N) is 3. The summed E-state index contributed by atoms with van der Waals surface area (Å²) in [5.74, 6) is 5.56. The third-order valence-corrected chi connectivity index (χ3v) is 5.17. The minimum absolute atomic E-state index is 0.0523. The van der Waals surface area contributed by atoms with Crippen LogP contribution in [0.15, 0.2) is 23.7 Å². The minimum Gasteiger partial charge on any atom is -0.444 e. The van der Waals surface area contributed by atoms with Gasteiger partial charge in [0.15, 0.2) is 5.13 Å². The summed E-state index contributed by atoms with van der Waals surface area (Å²) in [4.78, 5) is 34.8. The summed E-state index contributed by atoms with van der Waals surface area (Å²) >= 11 is 1.16. The van der Waals surface area contributed by atoms with Gasteiger partial charge < -0.3 is 14.8 Å². The Hall–Kier alpha value is -3.33. The fraction of sp³-hybridized carbons (Fsp3) is 0.520. The average molecular weight is 541 g/mol. The number of carbonyl (C=O) groups is 2. The van der Waals surface area contributed by atoms with E-state index in [1.807, 2.05) is 0 Å². The second kappa shape index (κ2) is 11.8. The van der Waals surface area contributed by atoms with E-state index in [-0.39, 0.29) is 18.1 Å². The number of pyridine rings is 1. The highest BCUT2D eigenvalue weighted by Crippen LogP contribution is 2.28. The maximum atomic E-state index is 13.1. The van der Waals surface area contributed by atoms with Gasteiger partial charge in [-0.2, -0.15) is 13.2 Å². The van der Waals surface area contributed by atoms with E-state index in [9.17, 15) is 22.8 Å². The third kappa shape index (κ3) is 10.3. The Bertz CT molecular complexity index is 1140. The highest BCUT2D eigenvalue weighted by atomic mass is 32.1. The van der Waals surface area contributed by atoms with Crippen molar-refractivity contribution < 1.29 is 32.2 Å². The zero-order valence-electron chi connectivity index (χ0n) is 21.8. The number of carbonyl (C=O) groups excluding carboxylic acids is 2. The number of alkyl halides is 3. The first kappa shape index (κ1) is 29.9. The molecule has 0 fully saturated rings. The van der Waals surface area contributed by atoms with Crippen LogP contribution in [0.4, 0.5) is 27.9 Å². The monoisotopic (exact) mass is 540 g/mol. The molecule has 0 aliphatic heterocycles. The van der Waals surface area contributed by atoms with Crippen molar-refractivity contribution in [1.82, 2.24) is 15.3 Å². The highest BCUT2D eigenvalue weighted by Gasteiger charge is 2.33. The quantitative estimate of drug-likeness (QED) is 0.465. The van der Waals surface area contributed by atoms with Crippen molar-refractivity contribution in [2.24, 2.45) is 0 Å². The number of anilines is 1. The molecule has 0 spiro atoms. The van der Waals surface area contributed by atoms with Crippen molar-refractivity contribution in [1.29, 1.82) is 0 Å². The lowest BCUT2D eigenvalue weighted by atomic mass is 10.1. The molecule has 12 heteroatoms. The molecule has 37 heavy (non-hydrogen) atoms. The maximum Gasteiger partial charge on any atom is 0.433 e. The van der Waals surface area contributed by atoms with Crippen molar-refractivity contribution in [3.8, 4) is 11.8 Å². The van der Waals surface area contributed by atoms with E-state index in [0.717, 1.165) is 23.6 Å². The summed E-state index contributed by atoms with van der Waals surface area (Å²) in [6, 6.07) is 1.35. The molecular formula is C25H31F3N4O4S. The standard InChI is InChI=1S/C25H31F3N4O4S/c1-8-9-17-15-37-20(30-17)32(22(34)36-24(5,6)7)14-18(31-21(33)35-23(2,3)4)12-16-10-11-19(29-13-16)25(26,27)28/h10-11,13,15,18H,12,14H2,1-7H3,(H,31,33)/t18-/m1/s1. The molecule has 0 radical (unpaired) electrons. The highest BCUT2D eigenvalue weighted by molar-refractivity contribution is 7.14. The number of thiazole rings is 1. The molecule has 1 N–H and O–H groups in total. The molecule has 1 atom stereocenters. The average Bonchev–Trinajstić information content (AvgIpc) is 3.17. The molecule has 202 valence electrons. The van der Waals surface area contributed by atoms with Crippen LogP contribution >= 0.6 is 11.3 Å². The van der Waals surface area contributed by atoms with Crippen LogP contribution in [-0.4, -0.2) is 45.9 Å². The molecule has 2 heterocycles. The zero-order valence-corrected chi connectivity index (χ0v) is 22.6. The number of nitrogens with one attached hydrogen (secondary N) is 1. The molecule has 0 bridgehead atoms. The van der Waals surface area contributed by atoms with Crippen LogP contribution in [-0.2, 0) is 22.1 Å². The molecule has 0 aromatic carbocycles. The Morgan fingerprint density at radius 1 is 1.11 bits per heavy atom. The van der Waals surface area contributed by atoms with Crippen LogP contribution in [0, 0.1) is 11.8 Å². The Morgan fingerprint density at radius 3 is 2.27 bits per heavy atom. The van der Waals surface area contributed by atoms with Crippen LogP contribution in [0.25, 0.3) is 0 Å². The topological polar surface area (TPSA) is 93.7 Å². The van der Waals surface area contributed by atoms with E-state index < -0.39 is 41.3 Å². The van der Waals surface area contributed by atoms with Crippen LogP contribution in [0.2, 0.25) is 0 Å². The molecule has 0 unspecified atom stereocenters. The van der Waals surface area contributed by atoms with Crippen molar-refractivity contribution in [3.05, 3.63) is 40.7 Å². The van der Waals surface area contributed by atoms with E-state index >= 15 is 0 Å². The maximum absolute atomic E-state index is 13.1. The molecule has 2 amide bonds. The second-order valence-electron chi connectivity index (χ2n) is 10.1. The molecule has 0 aliphatic rings. The second-order valence-corrected chi connectivity index (χ2v) is 10.9. The first-order chi connectivity index (χ1) is 17.0. The number of rotatable bonds is 6. The summed E-state index contributed by atoms with van der Waals surface area (Å²) < 4.78 is 49.7. The van der Waals surface area contributed by atoms with Gasteiger partial charge in [0, 0.05) is 11.6 Å². The molecule has 2 rings (SSSR count). The first-order valence-corrected chi connectivity index (χ1v) is 12.3. The van der Waals surface area contributed by atoms with Gasteiger partial charge in [-0.25, -0.2) is 14.6 Å². The van der Waals surface area contributed by atoms with Gasteiger partial charge in [-0.15, -0.1) is 11.3 Å². The Labute approximate surface area is 218 Å². The van der Waals surface area contributed by atoms with Gasteiger partial charge in [-0.05, 0) is 72.4 Å². The Kier molecular flexibility index (Phi) is 9.54. The predicted octanol–water partition coefficient (Wildman–Crippen LogP) is 5.81. The molecule has 2 aromatic rings. The molecular weight excluding hydrogens is 509 g/mol. The van der Waals surface area contributed by atoms with Gasteiger partial charge in [-0.3, -0.25) is 9.88 Å². The summed E-state index contributed by atoms with van der Waals surface area (Å²) in [6.07, 6.45) is -4.90. The van der Waals surface area contributed by atoms with Crippen molar-refractivity contribution in [3.63, 3.8) is 0 Å². The molecule has 8 nitrogen and oxygen atoms in total. The van der Waals surface area contributed by atoms with Crippen LogP contribution in [0.1, 0.15) is 65.4 Å². The lowest BCUT2D eigenvalue weighted by molar-refractivity contribution is -0.141. The van der Waals surface area contributed by atoms with Crippen LogP contribution < -0.4 is 10.2 Å². The number of halogens is 3. The number of aromatic nitrogens is 2. The van der Waals surface area contributed by atoms with E-state index in [4.69, 9.17) is 9.47 Å². The first-order valence-electron chi connectivity index (χ1n) is 11.4. The van der Waals surface area contributed by atoms with E-state index in [1.165, 1.54) is 11.0 Å². The fourth-order valence-corrected chi connectivity index (χ4v) is 3.73. The summed E-state index contributed by atoms with van der Waals surface area (Å²) in [5.41, 5.74) is -1.77. The SMILES string of the molecule is CC#Cc1csc(N(C[C@@H](Cc2ccc(C(F)(F)F)nc2)NC(=O)OC(C)(C)C)C(=O)OC(C)(C)C)n1. The van der Waals surface area contributed by atoms with E-state index in [0.29, 0.717) is 11.3 Å². The van der Waals surface area contributed by atoms with Gasteiger partial charge >= 0.3 is 18.4 Å². The summed E-state index contributed by atoms with van der Waals surface area (Å²) in [6.45, 7) is 11.8. The number of alkyl carbamates (subject to hydrolysis) is 1. The lowest BCUT2D eigenvalue weighted by Gasteiger charge is -2.30. The van der Waals surface area contributed by atoms with Crippen molar-refractivity contribution in [2.45, 2.75) is 78.3 Å². The Morgan fingerprint density at radius 2 is 1.76 bits per heavy atom. The third-order valence-electron chi connectivity index (χ3n) is 4.31. The minimum atomic E-state index is -4.58. The summed E-state index contributed by atoms with van der Waals surface area (Å²) in [5, 5.41) is 4.67. The van der Waals surface area contributed by atoms with Gasteiger partial charge in [0.05, 0.1) is 12.6 Å². The predicted molar refractivity (Wildman–Crippen MR) is 134 cm³/mol. The van der Waals surface area contributed by atoms with Crippen LogP contribution in [0.5, 0.6) is 0 Å². The number of hydrogen-bond donors (Lipinski definition) is 1. The van der Waals surface area contributed by atoms with Crippen molar-refractivity contribution in [2.75, 3.05) is 11.4 Å². The number of hydrogen-bond acceptors (Lipinski definition) is 7. The van der Waals surface area contributed by atoms with Crippen LogP contribution in [0.3, 0.4) is 0 Å². The van der Waals surface area contributed by atoms with Gasteiger partial charge in [0.1, 0.15) is 22.6 Å². The Balaban J connectivity index is 2.40. The normalized spacial score (nSPS) is 12.7.